The molecule has 0 unspecified atom stereocenters. The standard InChI is InChI=1S/C15H13N3O3S/c1-20-9-4-5-10-13(6-9)22-15(16-10)17-14(19)11-7-12(21-18-11)8-2-3-8/h4-8H,2-3H2,1H3,(H,16,17,19). The number of nitrogens with one attached hydrogen (secondary N) is 1. The zero-order chi connectivity index (χ0) is 15.1. The summed E-state index contributed by atoms with van der Waals surface area (Å²) in [7, 11) is 1.62. The van der Waals surface area contributed by atoms with Gasteiger partial charge in [-0.1, -0.05) is 16.5 Å². The van der Waals surface area contributed by atoms with Crippen molar-refractivity contribution < 1.29 is 14.1 Å². The maximum Gasteiger partial charge on any atom is 0.279 e. The molecule has 2 aromatic heterocycles. The highest BCUT2D eigenvalue weighted by atomic mass is 32.1. The number of nitrogens with zero attached hydrogens (tertiary/aromatic N) is 2. The van der Waals surface area contributed by atoms with Crippen LogP contribution in [0, 0.1) is 0 Å². The van der Waals surface area contributed by atoms with E-state index in [1.165, 1.54) is 11.3 Å². The van der Waals surface area contributed by atoms with Gasteiger partial charge in [-0.2, -0.15) is 0 Å². The van der Waals surface area contributed by atoms with Crippen LogP contribution in [0.1, 0.15) is 35.0 Å². The van der Waals surface area contributed by atoms with Crippen molar-refractivity contribution in [2.45, 2.75) is 18.8 Å². The summed E-state index contributed by atoms with van der Waals surface area (Å²) < 4.78 is 11.3. The average Bonchev–Trinajstić information content (AvgIpc) is 3.11. The third-order valence-electron chi connectivity index (χ3n) is 3.56. The fourth-order valence-electron chi connectivity index (χ4n) is 2.20. The fraction of sp³-hybridized carbons (Fsp3) is 0.267. The first kappa shape index (κ1) is 13.3. The molecule has 22 heavy (non-hydrogen) atoms. The van der Waals surface area contributed by atoms with Gasteiger partial charge < -0.3 is 9.26 Å². The van der Waals surface area contributed by atoms with Crippen molar-refractivity contribution in [1.82, 2.24) is 10.1 Å². The van der Waals surface area contributed by atoms with Crippen LogP contribution in [0.25, 0.3) is 10.2 Å². The van der Waals surface area contributed by atoms with Gasteiger partial charge in [0.05, 0.1) is 17.3 Å². The van der Waals surface area contributed by atoms with Crippen molar-refractivity contribution in [2.24, 2.45) is 0 Å². The number of benzene rings is 1. The van der Waals surface area contributed by atoms with Crippen LogP contribution < -0.4 is 10.1 Å². The minimum Gasteiger partial charge on any atom is -0.497 e. The van der Waals surface area contributed by atoms with E-state index in [0.29, 0.717) is 16.7 Å². The van der Waals surface area contributed by atoms with Crippen molar-refractivity contribution >= 4 is 32.6 Å². The molecular formula is C15H13N3O3S. The molecule has 0 saturated heterocycles. The molecule has 1 fully saturated rings. The quantitative estimate of drug-likeness (QED) is 0.798. The predicted octanol–water partition coefficient (Wildman–Crippen LogP) is 3.42. The maximum atomic E-state index is 12.2. The second-order valence-electron chi connectivity index (χ2n) is 5.20. The molecule has 0 spiro atoms. The van der Waals surface area contributed by atoms with Crippen LogP contribution in [-0.4, -0.2) is 23.2 Å². The number of fused-ring (bicyclic) bond motifs is 1. The van der Waals surface area contributed by atoms with Crippen molar-refractivity contribution in [3.63, 3.8) is 0 Å². The van der Waals surface area contributed by atoms with E-state index >= 15 is 0 Å². The van der Waals surface area contributed by atoms with E-state index < -0.39 is 0 Å². The molecule has 2 heterocycles. The first-order chi connectivity index (χ1) is 10.7. The molecule has 0 radical (unpaired) electrons. The Morgan fingerprint density at radius 3 is 3.05 bits per heavy atom. The number of methoxy groups -OCH3 is 1. The topological polar surface area (TPSA) is 77.2 Å². The molecule has 1 aromatic carbocycles. The second kappa shape index (κ2) is 5.10. The van der Waals surface area contributed by atoms with Crippen LogP contribution in [0.15, 0.2) is 28.8 Å². The molecule has 112 valence electrons. The van der Waals surface area contributed by atoms with Crippen molar-refractivity contribution in [2.75, 3.05) is 12.4 Å². The van der Waals surface area contributed by atoms with Gasteiger partial charge in [0.25, 0.3) is 5.91 Å². The van der Waals surface area contributed by atoms with Gasteiger partial charge in [-0.05, 0) is 31.0 Å². The van der Waals surface area contributed by atoms with Crippen LogP contribution in [0.3, 0.4) is 0 Å². The average molecular weight is 315 g/mol. The highest BCUT2D eigenvalue weighted by molar-refractivity contribution is 7.22. The molecule has 3 aromatic rings. The molecule has 1 aliphatic carbocycles. The lowest BCUT2D eigenvalue weighted by atomic mass is 10.3. The van der Waals surface area contributed by atoms with Gasteiger partial charge in [0.15, 0.2) is 10.8 Å². The number of anilines is 1. The zero-order valence-corrected chi connectivity index (χ0v) is 12.6. The Morgan fingerprint density at radius 1 is 1.41 bits per heavy atom. The van der Waals surface area contributed by atoms with Crippen molar-refractivity contribution in [1.29, 1.82) is 0 Å². The summed E-state index contributed by atoms with van der Waals surface area (Å²) in [5.41, 5.74) is 1.11. The maximum absolute atomic E-state index is 12.2. The van der Waals surface area contributed by atoms with Gasteiger partial charge in [0.2, 0.25) is 0 Å². The predicted molar refractivity (Wildman–Crippen MR) is 82.6 cm³/mol. The summed E-state index contributed by atoms with van der Waals surface area (Å²) in [6.45, 7) is 0. The van der Waals surface area contributed by atoms with Gasteiger partial charge in [-0.25, -0.2) is 4.98 Å². The highest BCUT2D eigenvalue weighted by Crippen LogP contribution is 2.40. The smallest absolute Gasteiger partial charge is 0.279 e. The Kier molecular flexibility index (Phi) is 3.07. The first-order valence-corrected chi connectivity index (χ1v) is 7.77. The highest BCUT2D eigenvalue weighted by Gasteiger charge is 2.29. The summed E-state index contributed by atoms with van der Waals surface area (Å²) in [5.74, 6) is 1.68. The van der Waals surface area contributed by atoms with Crippen LogP contribution in [0.4, 0.5) is 5.13 Å². The van der Waals surface area contributed by atoms with Crippen LogP contribution >= 0.6 is 11.3 Å². The summed E-state index contributed by atoms with van der Waals surface area (Å²) in [5, 5.41) is 7.12. The lowest BCUT2D eigenvalue weighted by molar-refractivity contribution is 0.101. The molecule has 0 bridgehead atoms. The van der Waals surface area contributed by atoms with Crippen LogP contribution in [0.5, 0.6) is 5.75 Å². The number of ether oxygens (including phenoxy) is 1. The van der Waals surface area contributed by atoms with Crippen LogP contribution in [-0.2, 0) is 0 Å². The number of hydrogen-bond donors (Lipinski definition) is 1. The Balaban J connectivity index is 1.55. The normalized spacial score (nSPS) is 14.2. The third kappa shape index (κ3) is 2.43. The van der Waals surface area contributed by atoms with E-state index in [0.717, 1.165) is 34.6 Å². The lowest BCUT2D eigenvalue weighted by Gasteiger charge is -1.96. The number of carbonyl (C=O) groups is 1. The Morgan fingerprint density at radius 2 is 2.27 bits per heavy atom. The van der Waals surface area contributed by atoms with Gasteiger partial charge in [-0.3, -0.25) is 10.1 Å². The number of hydrogen-bond acceptors (Lipinski definition) is 6. The molecular weight excluding hydrogens is 302 g/mol. The monoisotopic (exact) mass is 315 g/mol. The molecule has 1 saturated carbocycles. The van der Waals surface area contributed by atoms with Gasteiger partial charge >= 0.3 is 0 Å². The number of rotatable bonds is 4. The molecule has 1 N–H and O–H groups in total. The number of thiazole rings is 1. The van der Waals surface area contributed by atoms with E-state index in [1.54, 1.807) is 13.2 Å². The Bertz CT molecular complexity index is 851. The molecule has 0 atom stereocenters. The second-order valence-corrected chi connectivity index (χ2v) is 6.23. The summed E-state index contributed by atoms with van der Waals surface area (Å²) in [6, 6.07) is 7.31. The van der Waals surface area contributed by atoms with E-state index in [-0.39, 0.29) is 5.91 Å². The van der Waals surface area contributed by atoms with E-state index in [4.69, 9.17) is 9.26 Å². The van der Waals surface area contributed by atoms with Crippen molar-refractivity contribution in [3.05, 3.63) is 35.7 Å². The number of amides is 1. The third-order valence-corrected chi connectivity index (χ3v) is 4.49. The molecule has 4 rings (SSSR count). The number of aromatic nitrogens is 2. The lowest BCUT2D eigenvalue weighted by Crippen LogP contribution is -2.11. The fourth-order valence-corrected chi connectivity index (χ4v) is 3.09. The summed E-state index contributed by atoms with van der Waals surface area (Å²) in [6.07, 6.45) is 2.21. The van der Waals surface area contributed by atoms with E-state index in [2.05, 4.69) is 15.5 Å². The summed E-state index contributed by atoms with van der Waals surface area (Å²) in [4.78, 5) is 16.6. The molecule has 6 nitrogen and oxygen atoms in total. The van der Waals surface area contributed by atoms with Crippen LogP contribution in [0.2, 0.25) is 0 Å². The molecule has 1 amide bonds. The van der Waals surface area contributed by atoms with E-state index in [1.807, 2.05) is 18.2 Å². The van der Waals surface area contributed by atoms with Gasteiger partial charge in [0, 0.05) is 12.0 Å². The SMILES string of the molecule is COc1ccc2nc(NC(=O)c3cc(C4CC4)on3)sc2c1. The van der Waals surface area contributed by atoms with Gasteiger partial charge in [-0.15, -0.1) is 0 Å². The minimum atomic E-state index is -0.304. The Hall–Kier alpha value is -2.41. The largest absolute Gasteiger partial charge is 0.497 e. The molecule has 0 aliphatic heterocycles. The number of carbonyl (C=O) groups excluding carboxylic acids is 1. The zero-order valence-electron chi connectivity index (χ0n) is 11.8. The summed E-state index contributed by atoms with van der Waals surface area (Å²) >= 11 is 1.39. The minimum absolute atomic E-state index is 0.290. The first-order valence-electron chi connectivity index (χ1n) is 6.95. The van der Waals surface area contributed by atoms with Crippen molar-refractivity contribution in [3.8, 4) is 5.75 Å². The molecule has 1 aliphatic rings. The van der Waals surface area contributed by atoms with E-state index in [9.17, 15) is 4.79 Å². The molecule has 7 heteroatoms. The van der Waals surface area contributed by atoms with Gasteiger partial charge in [0.1, 0.15) is 11.5 Å². The Labute approximate surface area is 130 Å².